The standard InChI is InChI=1S/C7H15NO.C3H6O2/c9-6-3-7-1-4-8-5-2-7;1-2-3(4)5/h7-9H,1-6H2;2H2,1H3,(H,4,5). The summed E-state index contributed by atoms with van der Waals surface area (Å²) in [6.45, 7) is 4.25. The van der Waals surface area contributed by atoms with Crippen molar-refractivity contribution in [1.29, 1.82) is 0 Å². The van der Waals surface area contributed by atoms with Crippen LogP contribution in [0.5, 0.6) is 0 Å². The molecule has 14 heavy (non-hydrogen) atoms. The van der Waals surface area contributed by atoms with Crippen LogP contribution in [0.3, 0.4) is 0 Å². The van der Waals surface area contributed by atoms with Gasteiger partial charge in [-0.3, -0.25) is 4.79 Å². The van der Waals surface area contributed by atoms with Crippen molar-refractivity contribution in [2.45, 2.75) is 32.6 Å². The quantitative estimate of drug-likeness (QED) is 0.636. The first kappa shape index (κ1) is 13.4. The van der Waals surface area contributed by atoms with Gasteiger partial charge in [-0.15, -0.1) is 0 Å². The van der Waals surface area contributed by atoms with Crippen molar-refractivity contribution in [3.05, 3.63) is 0 Å². The van der Waals surface area contributed by atoms with Crippen LogP contribution < -0.4 is 5.32 Å². The summed E-state index contributed by atoms with van der Waals surface area (Å²) in [5.74, 6) is 0.0428. The fraction of sp³-hybridized carbons (Fsp3) is 0.900. The Morgan fingerprint density at radius 2 is 1.93 bits per heavy atom. The summed E-state index contributed by atoms with van der Waals surface area (Å²) in [6.07, 6.45) is 3.72. The van der Waals surface area contributed by atoms with Gasteiger partial charge in [-0.25, -0.2) is 0 Å². The summed E-state index contributed by atoms with van der Waals surface area (Å²) in [5.41, 5.74) is 0. The van der Waals surface area contributed by atoms with Crippen LogP contribution in [0.4, 0.5) is 0 Å². The molecular weight excluding hydrogens is 182 g/mol. The van der Waals surface area contributed by atoms with Gasteiger partial charge in [0.2, 0.25) is 0 Å². The van der Waals surface area contributed by atoms with Crippen LogP contribution >= 0.6 is 0 Å². The molecule has 0 bridgehead atoms. The normalized spacial score (nSPS) is 17.0. The maximum absolute atomic E-state index is 9.37. The number of rotatable bonds is 3. The minimum atomic E-state index is -0.745. The molecule has 1 aliphatic heterocycles. The molecule has 4 nitrogen and oxygen atoms in total. The smallest absolute Gasteiger partial charge is 0.303 e. The number of carboxylic acid groups (broad SMARTS) is 1. The molecule has 0 aromatic heterocycles. The van der Waals surface area contributed by atoms with Crippen molar-refractivity contribution in [2.24, 2.45) is 5.92 Å². The van der Waals surface area contributed by atoms with Crippen molar-refractivity contribution in [2.75, 3.05) is 19.7 Å². The summed E-state index contributed by atoms with van der Waals surface area (Å²) in [6, 6.07) is 0. The van der Waals surface area contributed by atoms with E-state index in [4.69, 9.17) is 10.2 Å². The second-order valence-electron chi connectivity index (χ2n) is 3.45. The van der Waals surface area contributed by atoms with E-state index < -0.39 is 5.97 Å². The largest absolute Gasteiger partial charge is 0.481 e. The van der Waals surface area contributed by atoms with E-state index in [1.54, 1.807) is 6.92 Å². The Hall–Kier alpha value is -0.610. The maximum atomic E-state index is 9.37. The van der Waals surface area contributed by atoms with Crippen LogP contribution in [0.15, 0.2) is 0 Å². The number of aliphatic hydroxyl groups excluding tert-OH is 1. The maximum Gasteiger partial charge on any atom is 0.303 e. The molecule has 1 rings (SSSR count). The molecule has 4 heteroatoms. The number of carbonyl (C=O) groups is 1. The molecule has 1 fully saturated rings. The molecule has 0 atom stereocenters. The lowest BCUT2D eigenvalue weighted by Crippen LogP contribution is -2.28. The fourth-order valence-electron chi connectivity index (χ4n) is 1.35. The van der Waals surface area contributed by atoms with Crippen molar-refractivity contribution in [1.82, 2.24) is 5.32 Å². The van der Waals surface area contributed by atoms with E-state index >= 15 is 0 Å². The predicted octanol–water partition coefficient (Wildman–Crippen LogP) is 0.849. The molecule has 0 amide bonds. The van der Waals surface area contributed by atoms with Gasteiger partial charge in [0.1, 0.15) is 0 Å². The summed E-state index contributed by atoms with van der Waals surface area (Å²) >= 11 is 0. The van der Waals surface area contributed by atoms with Gasteiger partial charge in [-0.2, -0.15) is 0 Å². The van der Waals surface area contributed by atoms with Gasteiger partial charge in [0, 0.05) is 13.0 Å². The minimum Gasteiger partial charge on any atom is -0.481 e. The Kier molecular flexibility index (Phi) is 8.57. The second kappa shape index (κ2) is 8.97. The van der Waals surface area contributed by atoms with Crippen LogP contribution in [0, 0.1) is 5.92 Å². The number of nitrogens with one attached hydrogen (secondary N) is 1. The van der Waals surface area contributed by atoms with E-state index in [-0.39, 0.29) is 6.42 Å². The van der Waals surface area contributed by atoms with Gasteiger partial charge in [-0.05, 0) is 38.3 Å². The van der Waals surface area contributed by atoms with E-state index in [0.717, 1.165) is 25.4 Å². The summed E-state index contributed by atoms with van der Waals surface area (Å²) < 4.78 is 0. The Morgan fingerprint density at radius 3 is 2.29 bits per heavy atom. The minimum absolute atomic E-state index is 0.222. The van der Waals surface area contributed by atoms with Crippen LogP contribution in [-0.4, -0.2) is 35.9 Å². The lowest BCUT2D eigenvalue weighted by Gasteiger charge is -2.21. The van der Waals surface area contributed by atoms with Gasteiger partial charge >= 0.3 is 5.97 Å². The topological polar surface area (TPSA) is 69.6 Å². The molecule has 0 radical (unpaired) electrons. The summed E-state index contributed by atoms with van der Waals surface area (Å²) in [4.78, 5) is 9.37. The highest BCUT2D eigenvalue weighted by Crippen LogP contribution is 2.14. The van der Waals surface area contributed by atoms with E-state index in [1.807, 2.05) is 0 Å². The second-order valence-corrected chi connectivity index (χ2v) is 3.45. The zero-order valence-electron chi connectivity index (χ0n) is 8.83. The molecule has 84 valence electrons. The molecule has 3 N–H and O–H groups in total. The Morgan fingerprint density at radius 1 is 1.43 bits per heavy atom. The first-order chi connectivity index (χ1) is 6.70. The zero-order chi connectivity index (χ0) is 10.8. The summed E-state index contributed by atoms with van der Waals surface area (Å²) in [7, 11) is 0. The third-order valence-electron chi connectivity index (χ3n) is 2.30. The van der Waals surface area contributed by atoms with Crippen LogP contribution in [0.1, 0.15) is 32.6 Å². The molecular formula is C10H21NO3. The predicted molar refractivity (Wildman–Crippen MR) is 55.2 cm³/mol. The van der Waals surface area contributed by atoms with Crippen molar-refractivity contribution < 1.29 is 15.0 Å². The zero-order valence-corrected chi connectivity index (χ0v) is 8.83. The van der Waals surface area contributed by atoms with Crippen molar-refractivity contribution in [3.63, 3.8) is 0 Å². The summed E-state index contributed by atoms with van der Waals surface area (Å²) in [5, 5.41) is 19.6. The van der Waals surface area contributed by atoms with Gasteiger partial charge < -0.3 is 15.5 Å². The van der Waals surface area contributed by atoms with Crippen molar-refractivity contribution >= 4 is 5.97 Å². The fourth-order valence-corrected chi connectivity index (χ4v) is 1.35. The molecule has 0 aromatic carbocycles. The average molecular weight is 203 g/mol. The first-order valence-corrected chi connectivity index (χ1v) is 5.24. The molecule has 1 heterocycles. The highest BCUT2D eigenvalue weighted by Gasteiger charge is 2.10. The molecule has 1 saturated heterocycles. The van der Waals surface area contributed by atoms with Gasteiger partial charge in [0.05, 0.1) is 0 Å². The molecule has 0 saturated carbocycles. The van der Waals surface area contributed by atoms with Crippen LogP contribution in [0.25, 0.3) is 0 Å². The van der Waals surface area contributed by atoms with Gasteiger partial charge in [0.25, 0.3) is 0 Å². The van der Waals surface area contributed by atoms with E-state index in [2.05, 4.69) is 5.32 Å². The molecule has 0 unspecified atom stereocenters. The third kappa shape index (κ3) is 8.01. The number of hydrogen-bond donors (Lipinski definition) is 3. The molecule has 0 aromatic rings. The highest BCUT2D eigenvalue weighted by molar-refractivity contribution is 5.66. The number of carboxylic acids is 1. The van der Waals surface area contributed by atoms with Gasteiger partial charge in [0.15, 0.2) is 0 Å². The Balaban J connectivity index is 0.000000292. The van der Waals surface area contributed by atoms with Crippen molar-refractivity contribution in [3.8, 4) is 0 Å². The van der Waals surface area contributed by atoms with Crippen LogP contribution in [-0.2, 0) is 4.79 Å². The van der Waals surface area contributed by atoms with E-state index in [9.17, 15) is 4.79 Å². The lowest BCUT2D eigenvalue weighted by molar-refractivity contribution is -0.136. The van der Waals surface area contributed by atoms with E-state index in [1.165, 1.54) is 12.8 Å². The lowest BCUT2D eigenvalue weighted by atomic mass is 9.95. The molecule has 0 spiro atoms. The molecule has 1 aliphatic rings. The monoisotopic (exact) mass is 203 g/mol. The Bertz CT molecular complexity index is 142. The van der Waals surface area contributed by atoms with E-state index in [0.29, 0.717) is 6.61 Å². The van der Waals surface area contributed by atoms with Crippen LogP contribution in [0.2, 0.25) is 0 Å². The highest BCUT2D eigenvalue weighted by atomic mass is 16.4. The van der Waals surface area contributed by atoms with Gasteiger partial charge in [-0.1, -0.05) is 6.92 Å². The number of hydrogen-bond acceptors (Lipinski definition) is 3. The SMILES string of the molecule is CCC(=O)O.OCCC1CCNCC1. The first-order valence-electron chi connectivity index (χ1n) is 5.24. The molecule has 0 aliphatic carbocycles. The third-order valence-corrected chi connectivity index (χ3v) is 2.30. The number of aliphatic hydroxyl groups is 1. The number of aliphatic carboxylic acids is 1. The number of piperidine rings is 1. The Labute approximate surface area is 85.3 Å². The average Bonchev–Trinajstić information content (AvgIpc) is 2.21.